The topological polar surface area (TPSA) is 58.7 Å². The molecular weight excluding hydrogens is 252 g/mol. The summed E-state index contributed by atoms with van der Waals surface area (Å²) in [5.41, 5.74) is 7.53. The number of ether oxygens (including phenoxy) is 1. The molecule has 0 bridgehead atoms. The van der Waals surface area contributed by atoms with Crippen molar-refractivity contribution in [3.63, 3.8) is 0 Å². The number of aliphatic hydroxyl groups is 1. The van der Waals surface area contributed by atoms with Crippen LogP contribution in [0.5, 0.6) is 0 Å². The largest absolute Gasteiger partial charge is 0.398 e. The van der Waals surface area contributed by atoms with Gasteiger partial charge in [0.25, 0.3) is 0 Å². The van der Waals surface area contributed by atoms with Crippen molar-refractivity contribution in [3.8, 4) is 0 Å². The van der Waals surface area contributed by atoms with Gasteiger partial charge in [0.05, 0.1) is 30.0 Å². The summed E-state index contributed by atoms with van der Waals surface area (Å²) in [7, 11) is 0. The number of aliphatic hydroxyl groups excluding tert-OH is 1. The molecule has 1 heterocycles. The SMILES string of the molecule is CC1COC(CO)CN1Cc1ccc(Cl)c(N)c1. The van der Waals surface area contributed by atoms with E-state index in [4.69, 9.17) is 27.2 Å². The molecule has 0 aliphatic carbocycles. The molecule has 1 saturated heterocycles. The van der Waals surface area contributed by atoms with Gasteiger partial charge in [-0.2, -0.15) is 0 Å². The fourth-order valence-corrected chi connectivity index (χ4v) is 2.25. The summed E-state index contributed by atoms with van der Waals surface area (Å²) in [5, 5.41) is 9.74. The molecule has 1 aliphatic heterocycles. The van der Waals surface area contributed by atoms with E-state index in [1.54, 1.807) is 0 Å². The van der Waals surface area contributed by atoms with E-state index in [1.165, 1.54) is 0 Å². The lowest BCUT2D eigenvalue weighted by molar-refractivity contribution is -0.0805. The zero-order chi connectivity index (χ0) is 13.1. The van der Waals surface area contributed by atoms with Gasteiger partial charge in [0.1, 0.15) is 0 Å². The Morgan fingerprint density at radius 2 is 2.33 bits per heavy atom. The predicted octanol–water partition coefficient (Wildman–Crippen LogP) is 1.50. The minimum atomic E-state index is -0.0918. The zero-order valence-corrected chi connectivity index (χ0v) is 11.2. The molecule has 1 fully saturated rings. The van der Waals surface area contributed by atoms with E-state index >= 15 is 0 Å². The number of hydrogen-bond acceptors (Lipinski definition) is 4. The van der Waals surface area contributed by atoms with Gasteiger partial charge in [-0.05, 0) is 24.6 Å². The van der Waals surface area contributed by atoms with Crippen LogP contribution in [-0.4, -0.2) is 41.9 Å². The summed E-state index contributed by atoms with van der Waals surface area (Å²) in [6.45, 7) is 4.36. The van der Waals surface area contributed by atoms with Gasteiger partial charge >= 0.3 is 0 Å². The highest BCUT2D eigenvalue weighted by atomic mass is 35.5. The van der Waals surface area contributed by atoms with Gasteiger partial charge in [0, 0.05) is 19.1 Å². The van der Waals surface area contributed by atoms with Crippen molar-refractivity contribution in [2.75, 3.05) is 25.5 Å². The number of morpholine rings is 1. The van der Waals surface area contributed by atoms with E-state index in [-0.39, 0.29) is 12.7 Å². The highest BCUT2D eigenvalue weighted by Crippen LogP contribution is 2.22. The van der Waals surface area contributed by atoms with E-state index < -0.39 is 0 Å². The third-order valence-electron chi connectivity index (χ3n) is 3.28. The monoisotopic (exact) mass is 270 g/mol. The molecule has 5 heteroatoms. The van der Waals surface area contributed by atoms with Gasteiger partial charge in [-0.3, -0.25) is 4.90 Å². The molecule has 2 unspecified atom stereocenters. The van der Waals surface area contributed by atoms with Crippen molar-refractivity contribution < 1.29 is 9.84 Å². The van der Waals surface area contributed by atoms with Crippen molar-refractivity contribution in [3.05, 3.63) is 28.8 Å². The molecule has 0 saturated carbocycles. The number of halogens is 1. The van der Waals surface area contributed by atoms with Gasteiger partial charge in [-0.15, -0.1) is 0 Å². The van der Waals surface area contributed by atoms with Crippen LogP contribution in [0.2, 0.25) is 5.02 Å². The third kappa shape index (κ3) is 3.14. The molecule has 1 aromatic carbocycles. The van der Waals surface area contributed by atoms with Gasteiger partial charge in [0.2, 0.25) is 0 Å². The molecule has 3 N–H and O–H groups in total. The van der Waals surface area contributed by atoms with Crippen LogP contribution in [0.1, 0.15) is 12.5 Å². The van der Waals surface area contributed by atoms with Crippen LogP contribution in [0.3, 0.4) is 0 Å². The quantitative estimate of drug-likeness (QED) is 0.818. The number of nitrogens with zero attached hydrogens (tertiary/aromatic N) is 1. The fourth-order valence-electron chi connectivity index (χ4n) is 2.13. The number of hydrogen-bond donors (Lipinski definition) is 2. The van der Waals surface area contributed by atoms with Crippen LogP contribution in [0.25, 0.3) is 0 Å². The summed E-state index contributed by atoms with van der Waals surface area (Å²) in [5.74, 6) is 0. The van der Waals surface area contributed by atoms with Crippen LogP contribution in [0.15, 0.2) is 18.2 Å². The number of nitrogens with two attached hydrogens (primary N) is 1. The lowest BCUT2D eigenvalue weighted by Crippen LogP contribution is -2.48. The minimum Gasteiger partial charge on any atom is -0.398 e. The average molecular weight is 271 g/mol. The molecule has 1 aromatic rings. The Kier molecular flexibility index (Phi) is 4.45. The van der Waals surface area contributed by atoms with E-state index in [9.17, 15) is 0 Å². The molecule has 4 nitrogen and oxygen atoms in total. The lowest BCUT2D eigenvalue weighted by Gasteiger charge is -2.37. The van der Waals surface area contributed by atoms with Gasteiger partial charge in [-0.25, -0.2) is 0 Å². The maximum Gasteiger partial charge on any atom is 0.0933 e. The van der Waals surface area contributed by atoms with Crippen molar-refractivity contribution in [2.45, 2.75) is 25.6 Å². The Balaban J connectivity index is 2.04. The predicted molar refractivity (Wildman–Crippen MR) is 72.6 cm³/mol. The van der Waals surface area contributed by atoms with Crippen LogP contribution < -0.4 is 5.73 Å². The fraction of sp³-hybridized carbons (Fsp3) is 0.538. The maximum absolute atomic E-state index is 9.15. The first-order valence-electron chi connectivity index (χ1n) is 6.10. The normalized spacial score (nSPS) is 25.3. The number of anilines is 1. The van der Waals surface area contributed by atoms with Crippen LogP contribution >= 0.6 is 11.6 Å². The van der Waals surface area contributed by atoms with Crippen molar-refractivity contribution in [2.24, 2.45) is 0 Å². The lowest BCUT2D eigenvalue weighted by atomic mass is 10.1. The second kappa shape index (κ2) is 5.89. The Labute approximate surface area is 112 Å². The number of rotatable bonds is 3. The summed E-state index contributed by atoms with van der Waals surface area (Å²) >= 11 is 5.91. The highest BCUT2D eigenvalue weighted by molar-refractivity contribution is 6.33. The first-order chi connectivity index (χ1) is 8.60. The molecule has 2 rings (SSSR count). The van der Waals surface area contributed by atoms with E-state index in [2.05, 4.69) is 11.8 Å². The Morgan fingerprint density at radius 1 is 1.56 bits per heavy atom. The Hall–Kier alpha value is -0.810. The summed E-state index contributed by atoms with van der Waals surface area (Å²) in [6, 6.07) is 6.04. The number of nitrogen functional groups attached to an aromatic ring is 1. The summed E-state index contributed by atoms with van der Waals surface area (Å²) < 4.78 is 5.51. The van der Waals surface area contributed by atoms with Gasteiger partial charge in [-0.1, -0.05) is 17.7 Å². The standard InChI is InChI=1S/C13H19ClN2O2/c1-9-8-18-11(7-17)6-16(9)5-10-2-3-12(14)13(15)4-10/h2-4,9,11,17H,5-8,15H2,1H3. The first-order valence-corrected chi connectivity index (χ1v) is 6.48. The van der Waals surface area contributed by atoms with Crippen molar-refractivity contribution in [1.29, 1.82) is 0 Å². The van der Waals surface area contributed by atoms with Crippen LogP contribution in [0, 0.1) is 0 Å². The van der Waals surface area contributed by atoms with E-state index in [0.717, 1.165) is 18.7 Å². The molecule has 1 aliphatic rings. The van der Waals surface area contributed by atoms with Gasteiger partial charge in [0.15, 0.2) is 0 Å². The maximum atomic E-state index is 9.15. The summed E-state index contributed by atoms with van der Waals surface area (Å²) in [4.78, 5) is 2.28. The second-order valence-electron chi connectivity index (χ2n) is 4.77. The smallest absolute Gasteiger partial charge is 0.0933 e. The minimum absolute atomic E-state index is 0.0615. The van der Waals surface area contributed by atoms with Crippen LogP contribution in [0.4, 0.5) is 5.69 Å². The first kappa shape index (κ1) is 13.6. The van der Waals surface area contributed by atoms with E-state index in [0.29, 0.717) is 23.4 Å². The molecule has 0 radical (unpaired) electrons. The van der Waals surface area contributed by atoms with E-state index in [1.807, 2.05) is 18.2 Å². The average Bonchev–Trinajstić information content (AvgIpc) is 2.36. The van der Waals surface area contributed by atoms with Gasteiger partial charge < -0.3 is 15.6 Å². The van der Waals surface area contributed by atoms with Crippen LogP contribution in [-0.2, 0) is 11.3 Å². The molecule has 0 aromatic heterocycles. The molecule has 0 spiro atoms. The summed E-state index contributed by atoms with van der Waals surface area (Å²) in [6.07, 6.45) is -0.0918. The molecule has 2 atom stereocenters. The molecular formula is C13H19ClN2O2. The number of benzene rings is 1. The Morgan fingerprint density at radius 3 is 3.00 bits per heavy atom. The highest BCUT2D eigenvalue weighted by Gasteiger charge is 2.25. The molecule has 0 amide bonds. The zero-order valence-electron chi connectivity index (χ0n) is 10.5. The molecule has 18 heavy (non-hydrogen) atoms. The Bertz CT molecular complexity index is 414. The second-order valence-corrected chi connectivity index (χ2v) is 5.18. The van der Waals surface area contributed by atoms with Crippen molar-refractivity contribution >= 4 is 17.3 Å². The van der Waals surface area contributed by atoms with Crippen molar-refractivity contribution in [1.82, 2.24) is 4.90 Å². The molecule has 100 valence electrons. The third-order valence-corrected chi connectivity index (χ3v) is 3.63.